The molecule has 1 N–H and O–H groups in total. The zero-order valence-corrected chi connectivity index (χ0v) is 19.4. The lowest BCUT2D eigenvalue weighted by atomic mass is 10.2. The maximum absolute atomic E-state index is 12.2. The number of anilines is 1. The number of hydrogen-bond donors (Lipinski definition) is 1. The Bertz CT molecular complexity index is 784. The molecule has 0 aromatic heterocycles. The molecule has 1 heterocycles. The highest BCUT2D eigenvalue weighted by molar-refractivity contribution is 7.92. The fourth-order valence-corrected chi connectivity index (χ4v) is 4.62. The number of sulfonamides is 1. The Hall–Kier alpha value is -1.06. The van der Waals surface area contributed by atoms with E-state index in [-0.39, 0.29) is 18.9 Å². The summed E-state index contributed by atoms with van der Waals surface area (Å²) in [6, 6.07) is 4.68. The normalized spacial score (nSPS) is 16.0. The van der Waals surface area contributed by atoms with E-state index in [1.807, 2.05) is 0 Å². The largest absolute Gasteiger partial charge is 0.356 e. The summed E-state index contributed by atoms with van der Waals surface area (Å²) in [4.78, 5) is 16.8. The molecule has 1 aromatic rings. The second-order valence-electron chi connectivity index (χ2n) is 7.38. The summed E-state index contributed by atoms with van der Waals surface area (Å²) < 4.78 is 25.5. The van der Waals surface area contributed by atoms with Gasteiger partial charge in [-0.3, -0.25) is 9.10 Å². The van der Waals surface area contributed by atoms with Crippen molar-refractivity contribution in [2.24, 2.45) is 0 Å². The number of benzene rings is 1. The molecule has 0 radical (unpaired) electrons. The van der Waals surface area contributed by atoms with Gasteiger partial charge in [-0.2, -0.15) is 0 Å². The smallest absolute Gasteiger partial charge is 0.232 e. The van der Waals surface area contributed by atoms with Crippen LogP contribution in [0.25, 0.3) is 0 Å². The zero-order chi connectivity index (χ0) is 21.4. The van der Waals surface area contributed by atoms with Crippen LogP contribution in [0.4, 0.5) is 5.69 Å². The van der Waals surface area contributed by atoms with Crippen LogP contribution in [0.3, 0.4) is 0 Å². The van der Waals surface area contributed by atoms with Crippen molar-refractivity contribution >= 4 is 44.8 Å². The molecule has 0 unspecified atom stereocenters. The van der Waals surface area contributed by atoms with Crippen molar-refractivity contribution in [2.75, 3.05) is 63.4 Å². The van der Waals surface area contributed by atoms with Gasteiger partial charge in [0.15, 0.2) is 0 Å². The third kappa shape index (κ3) is 8.30. The van der Waals surface area contributed by atoms with E-state index in [4.69, 9.17) is 23.2 Å². The van der Waals surface area contributed by atoms with Crippen molar-refractivity contribution in [1.82, 2.24) is 15.1 Å². The van der Waals surface area contributed by atoms with Gasteiger partial charge in [-0.05, 0) is 44.6 Å². The number of carbonyl (C=O) groups is 1. The van der Waals surface area contributed by atoms with Crippen molar-refractivity contribution in [3.05, 3.63) is 28.2 Å². The Morgan fingerprint density at radius 1 is 1.17 bits per heavy atom. The van der Waals surface area contributed by atoms with E-state index in [1.54, 1.807) is 12.1 Å². The first kappa shape index (κ1) is 24.2. The number of nitrogens with one attached hydrogen (secondary N) is 1. The van der Waals surface area contributed by atoms with Gasteiger partial charge in [-0.15, -0.1) is 0 Å². The van der Waals surface area contributed by atoms with Gasteiger partial charge in [0.25, 0.3) is 0 Å². The summed E-state index contributed by atoms with van der Waals surface area (Å²) in [5.74, 6) is -0.0750. The average molecular weight is 465 g/mol. The molecule has 0 spiro atoms. The molecule has 1 saturated heterocycles. The quantitative estimate of drug-likeness (QED) is 0.537. The number of piperazine rings is 1. The van der Waals surface area contributed by atoms with E-state index in [2.05, 4.69) is 22.2 Å². The van der Waals surface area contributed by atoms with Crippen LogP contribution in [-0.4, -0.2) is 83.2 Å². The summed E-state index contributed by atoms with van der Waals surface area (Å²) in [6.45, 7) is 6.06. The van der Waals surface area contributed by atoms with Crippen molar-refractivity contribution in [2.45, 2.75) is 19.3 Å². The first-order valence-corrected chi connectivity index (χ1v) is 12.4. The summed E-state index contributed by atoms with van der Waals surface area (Å²) >= 11 is 12.1. The van der Waals surface area contributed by atoms with Crippen molar-refractivity contribution < 1.29 is 13.2 Å². The Morgan fingerprint density at radius 2 is 1.86 bits per heavy atom. The standard InChI is InChI=1S/C19H30Cl2N4O3S/c1-23-11-13-24(14-12-23)9-4-8-22-19(26)5-3-10-25(29(2,27)28)18-15-16(20)6-7-17(18)21/h6-7,15H,3-5,8-14H2,1-2H3,(H,22,26). The number of halogens is 2. The van der Waals surface area contributed by atoms with Gasteiger partial charge in [-0.25, -0.2) is 8.42 Å². The molecule has 1 aliphatic rings. The van der Waals surface area contributed by atoms with Gasteiger partial charge in [-0.1, -0.05) is 23.2 Å². The molecule has 164 valence electrons. The third-order valence-corrected chi connectivity index (χ3v) is 6.65. The average Bonchev–Trinajstić information content (AvgIpc) is 2.65. The summed E-state index contributed by atoms with van der Waals surface area (Å²) in [7, 11) is -1.42. The minimum Gasteiger partial charge on any atom is -0.356 e. The van der Waals surface area contributed by atoms with Crippen LogP contribution in [0.5, 0.6) is 0 Å². The number of amides is 1. The lowest BCUT2D eigenvalue weighted by Gasteiger charge is -2.32. The topological polar surface area (TPSA) is 73.0 Å². The Morgan fingerprint density at radius 3 is 2.52 bits per heavy atom. The van der Waals surface area contributed by atoms with Gasteiger partial charge in [0.05, 0.1) is 17.0 Å². The Balaban J connectivity index is 1.73. The number of nitrogens with zero attached hydrogens (tertiary/aromatic N) is 3. The monoisotopic (exact) mass is 464 g/mol. The lowest BCUT2D eigenvalue weighted by Crippen LogP contribution is -2.45. The van der Waals surface area contributed by atoms with E-state index in [1.165, 1.54) is 10.4 Å². The van der Waals surface area contributed by atoms with Crippen molar-refractivity contribution in [3.63, 3.8) is 0 Å². The maximum Gasteiger partial charge on any atom is 0.232 e. The molecule has 1 amide bonds. The fourth-order valence-electron chi connectivity index (χ4n) is 3.22. The highest BCUT2D eigenvalue weighted by atomic mass is 35.5. The first-order valence-electron chi connectivity index (χ1n) is 9.77. The molecule has 0 aliphatic carbocycles. The van der Waals surface area contributed by atoms with Crippen molar-refractivity contribution in [1.29, 1.82) is 0 Å². The van der Waals surface area contributed by atoms with Crippen molar-refractivity contribution in [3.8, 4) is 0 Å². The number of hydrogen-bond acceptors (Lipinski definition) is 5. The summed E-state index contributed by atoms with van der Waals surface area (Å²) in [5.41, 5.74) is 0.328. The molecule has 1 aliphatic heterocycles. The highest BCUT2D eigenvalue weighted by Gasteiger charge is 2.20. The van der Waals surface area contributed by atoms with Gasteiger partial charge < -0.3 is 15.1 Å². The SMILES string of the molecule is CN1CCN(CCCNC(=O)CCCN(c2cc(Cl)ccc2Cl)S(C)(=O)=O)CC1. The molecule has 2 rings (SSSR count). The predicted molar refractivity (Wildman–Crippen MR) is 119 cm³/mol. The van der Waals surface area contributed by atoms with E-state index >= 15 is 0 Å². The van der Waals surface area contributed by atoms with Gasteiger partial charge in [0.2, 0.25) is 15.9 Å². The number of rotatable bonds is 10. The first-order chi connectivity index (χ1) is 13.7. The maximum atomic E-state index is 12.2. The molecule has 7 nitrogen and oxygen atoms in total. The van der Waals surface area contributed by atoms with Crippen LogP contribution < -0.4 is 9.62 Å². The second kappa shape index (κ2) is 11.4. The van der Waals surface area contributed by atoms with Crippen LogP contribution in [0.15, 0.2) is 18.2 Å². The predicted octanol–water partition coefficient (Wildman–Crippen LogP) is 2.29. The number of carbonyl (C=O) groups excluding carboxylic acids is 1. The molecule has 1 fully saturated rings. The second-order valence-corrected chi connectivity index (χ2v) is 10.1. The zero-order valence-electron chi connectivity index (χ0n) is 17.0. The minimum atomic E-state index is -3.54. The lowest BCUT2D eigenvalue weighted by molar-refractivity contribution is -0.121. The molecule has 29 heavy (non-hydrogen) atoms. The third-order valence-electron chi connectivity index (χ3n) is 4.91. The summed E-state index contributed by atoms with van der Waals surface area (Å²) in [6.07, 6.45) is 2.66. The molecule has 0 bridgehead atoms. The van der Waals surface area contributed by atoms with Crippen LogP contribution >= 0.6 is 23.2 Å². The number of likely N-dealkylation sites (N-methyl/N-ethyl adjacent to an activating group) is 1. The van der Waals surface area contributed by atoms with E-state index < -0.39 is 10.0 Å². The van der Waals surface area contributed by atoms with Crippen LogP contribution in [0, 0.1) is 0 Å². The highest BCUT2D eigenvalue weighted by Crippen LogP contribution is 2.30. The Kier molecular flexibility index (Phi) is 9.49. The minimum absolute atomic E-state index is 0.0750. The van der Waals surface area contributed by atoms with Gasteiger partial charge in [0.1, 0.15) is 0 Å². The van der Waals surface area contributed by atoms with E-state index in [0.29, 0.717) is 28.7 Å². The van der Waals surface area contributed by atoms with Crippen LogP contribution in [-0.2, 0) is 14.8 Å². The molecule has 0 saturated carbocycles. The van der Waals surface area contributed by atoms with Crippen LogP contribution in [0.2, 0.25) is 10.0 Å². The fraction of sp³-hybridized carbons (Fsp3) is 0.632. The Labute approximate surface area is 184 Å². The van der Waals surface area contributed by atoms with E-state index in [9.17, 15) is 13.2 Å². The summed E-state index contributed by atoms with van der Waals surface area (Å²) in [5, 5.41) is 3.61. The van der Waals surface area contributed by atoms with Gasteiger partial charge in [0, 0.05) is 50.7 Å². The van der Waals surface area contributed by atoms with E-state index in [0.717, 1.165) is 45.4 Å². The van der Waals surface area contributed by atoms with Gasteiger partial charge >= 0.3 is 0 Å². The molecule has 0 atom stereocenters. The molecular weight excluding hydrogens is 435 g/mol. The molecule has 10 heteroatoms. The van der Waals surface area contributed by atoms with Crippen LogP contribution in [0.1, 0.15) is 19.3 Å². The molecular formula is C19H30Cl2N4O3S. The molecule has 1 aromatic carbocycles.